The molecule has 0 spiro atoms. The molecule has 0 bridgehead atoms. The average molecular weight is 503 g/mol. The van der Waals surface area contributed by atoms with Gasteiger partial charge >= 0.3 is 6.18 Å². The lowest BCUT2D eigenvalue weighted by atomic mass is 10.1. The first kappa shape index (κ1) is 25.8. The minimum atomic E-state index is -4.62. The molecule has 1 aliphatic heterocycles. The Morgan fingerprint density at radius 1 is 1.08 bits per heavy atom. The number of carbonyl (C=O) groups is 1. The van der Waals surface area contributed by atoms with E-state index in [1.54, 1.807) is 12.1 Å². The second kappa shape index (κ2) is 11.2. The van der Waals surface area contributed by atoms with E-state index in [9.17, 15) is 18.0 Å². The zero-order chi connectivity index (χ0) is 25.7. The van der Waals surface area contributed by atoms with Crippen molar-refractivity contribution in [2.24, 2.45) is 5.92 Å². The van der Waals surface area contributed by atoms with E-state index in [-0.39, 0.29) is 12.5 Å². The summed E-state index contributed by atoms with van der Waals surface area (Å²) in [6.45, 7) is 7.32. The van der Waals surface area contributed by atoms with Crippen LogP contribution in [-0.2, 0) is 10.9 Å². The Balaban J connectivity index is 1.52. The van der Waals surface area contributed by atoms with Gasteiger partial charge in [-0.2, -0.15) is 13.2 Å². The maximum Gasteiger partial charge on any atom is 0.451 e. The SMILES string of the molecule is CC(C)CNc1ccc2c(C(=O)NCC(c3cnc(C(F)(F)F)nc3)N3CCOCC3)cccc2n1. The van der Waals surface area contributed by atoms with Crippen molar-refractivity contribution in [2.75, 3.05) is 44.7 Å². The lowest BCUT2D eigenvalue weighted by Crippen LogP contribution is -2.44. The molecule has 1 aromatic carbocycles. The highest BCUT2D eigenvalue weighted by Gasteiger charge is 2.35. The lowest BCUT2D eigenvalue weighted by molar-refractivity contribution is -0.145. The van der Waals surface area contributed by atoms with Gasteiger partial charge in [0.25, 0.3) is 5.91 Å². The number of ether oxygens (including phenoxy) is 1. The highest BCUT2D eigenvalue weighted by atomic mass is 19.4. The standard InChI is InChI=1S/C25H29F3N6O2/c1-16(2)12-29-22-7-6-18-19(4-3-5-20(18)33-22)23(35)30-15-21(34-8-10-36-11-9-34)17-13-31-24(32-14-17)25(26,27)28/h3-7,13-14,16,21H,8-12,15H2,1-2H3,(H,29,33)(H,30,35). The van der Waals surface area contributed by atoms with Crippen LogP contribution in [0.15, 0.2) is 42.7 Å². The predicted molar refractivity (Wildman–Crippen MR) is 130 cm³/mol. The van der Waals surface area contributed by atoms with Gasteiger partial charge in [-0.25, -0.2) is 15.0 Å². The molecule has 3 heterocycles. The predicted octanol–water partition coefficient (Wildman–Crippen LogP) is 3.91. The van der Waals surface area contributed by atoms with Gasteiger partial charge in [-0.1, -0.05) is 19.9 Å². The third-order valence-electron chi connectivity index (χ3n) is 5.92. The van der Waals surface area contributed by atoms with E-state index in [1.807, 2.05) is 23.1 Å². The van der Waals surface area contributed by atoms with Gasteiger partial charge in [-0.15, -0.1) is 0 Å². The molecule has 1 saturated heterocycles. The summed E-state index contributed by atoms with van der Waals surface area (Å²) in [6, 6.07) is 8.66. The Labute approximate surface area is 207 Å². The van der Waals surface area contributed by atoms with Gasteiger partial charge in [0.2, 0.25) is 5.82 Å². The number of carbonyl (C=O) groups excluding carboxylic acids is 1. The van der Waals surface area contributed by atoms with E-state index in [4.69, 9.17) is 4.74 Å². The molecular weight excluding hydrogens is 473 g/mol. The molecule has 2 aromatic heterocycles. The molecule has 1 atom stereocenters. The molecule has 8 nitrogen and oxygen atoms in total. The van der Waals surface area contributed by atoms with Crippen LogP contribution in [-0.4, -0.2) is 65.2 Å². The van der Waals surface area contributed by atoms with E-state index in [0.717, 1.165) is 12.4 Å². The number of fused-ring (bicyclic) bond motifs is 1. The average Bonchev–Trinajstić information content (AvgIpc) is 2.87. The third kappa shape index (κ3) is 6.27. The maximum atomic E-state index is 13.2. The fourth-order valence-electron chi connectivity index (χ4n) is 4.05. The van der Waals surface area contributed by atoms with Crippen LogP contribution in [0.2, 0.25) is 0 Å². The molecule has 192 valence electrons. The number of pyridine rings is 1. The van der Waals surface area contributed by atoms with Gasteiger partial charge in [0.05, 0.1) is 24.8 Å². The molecule has 3 aromatic rings. The summed E-state index contributed by atoms with van der Waals surface area (Å²) in [6.07, 6.45) is -2.26. The highest BCUT2D eigenvalue weighted by molar-refractivity contribution is 6.06. The van der Waals surface area contributed by atoms with Gasteiger partial charge in [0, 0.05) is 55.1 Å². The minimum absolute atomic E-state index is 0.172. The van der Waals surface area contributed by atoms with Gasteiger partial charge in [-0.05, 0) is 30.2 Å². The Morgan fingerprint density at radius 2 is 1.81 bits per heavy atom. The lowest BCUT2D eigenvalue weighted by Gasteiger charge is -2.34. The first-order chi connectivity index (χ1) is 17.2. The Hall–Kier alpha value is -3.31. The van der Waals surface area contributed by atoms with Crippen molar-refractivity contribution >= 4 is 22.6 Å². The largest absolute Gasteiger partial charge is 0.451 e. The molecule has 1 aliphatic rings. The molecular formula is C25H29F3N6O2. The van der Waals surface area contributed by atoms with Crippen LogP contribution in [0.25, 0.3) is 10.9 Å². The number of aromatic nitrogens is 3. The number of halogens is 3. The van der Waals surface area contributed by atoms with Crippen molar-refractivity contribution in [2.45, 2.75) is 26.1 Å². The fourth-order valence-corrected chi connectivity index (χ4v) is 4.05. The molecule has 4 rings (SSSR count). The van der Waals surface area contributed by atoms with Crippen molar-refractivity contribution in [1.29, 1.82) is 0 Å². The van der Waals surface area contributed by atoms with E-state index in [0.29, 0.717) is 54.3 Å². The molecule has 0 radical (unpaired) electrons. The summed E-state index contributed by atoms with van der Waals surface area (Å²) >= 11 is 0. The molecule has 1 amide bonds. The van der Waals surface area contributed by atoms with Crippen molar-refractivity contribution in [3.63, 3.8) is 0 Å². The second-order valence-corrected chi connectivity index (χ2v) is 9.06. The second-order valence-electron chi connectivity index (χ2n) is 9.06. The number of benzene rings is 1. The van der Waals surface area contributed by atoms with Gasteiger partial charge in [0.15, 0.2) is 0 Å². The molecule has 1 fully saturated rings. The maximum absolute atomic E-state index is 13.2. The van der Waals surface area contributed by atoms with Crippen LogP contribution >= 0.6 is 0 Å². The zero-order valence-corrected chi connectivity index (χ0v) is 20.2. The van der Waals surface area contributed by atoms with Crippen molar-refractivity contribution in [3.8, 4) is 0 Å². The van der Waals surface area contributed by atoms with E-state index < -0.39 is 18.0 Å². The van der Waals surface area contributed by atoms with Gasteiger partial charge in [0.1, 0.15) is 5.82 Å². The summed E-state index contributed by atoms with van der Waals surface area (Å²) in [5.41, 5.74) is 1.66. The van der Waals surface area contributed by atoms with Crippen molar-refractivity contribution in [1.82, 2.24) is 25.2 Å². The monoisotopic (exact) mass is 502 g/mol. The molecule has 0 aliphatic carbocycles. The molecule has 0 saturated carbocycles. The quantitative estimate of drug-likeness (QED) is 0.483. The topological polar surface area (TPSA) is 92.3 Å². The molecule has 1 unspecified atom stereocenters. The number of nitrogens with one attached hydrogen (secondary N) is 2. The summed E-state index contributed by atoms with van der Waals surface area (Å²) in [7, 11) is 0. The van der Waals surface area contributed by atoms with E-state index in [1.165, 1.54) is 12.4 Å². The number of morpholine rings is 1. The zero-order valence-electron chi connectivity index (χ0n) is 20.2. The van der Waals surface area contributed by atoms with Crippen LogP contribution in [0.4, 0.5) is 19.0 Å². The molecule has 36 heavy (non-hydrogen) atoms. The van der Waals surface area contributed by atoms with E-state index >= 15 is 0 Å². The van der Waals surface area contributed by atoms with Crippen molar-refractivity contribution in [3.05, 3.63) is 59.7 Å². The molecule has 11 heteroatoms. The van der Waals surface area contributed by atoms with Gasteiger partial charge in [-0.3, -0.25) is 9.69 Å². The number of alkyl halides is 3. The third-order valence-corrected chi connectivity index (χ3v) is 5.92. The number of hydrogen-bond donors (Lipinski definition) is 2. The summed E-state index contributed by atoms with van der Waals surface area (Å²) in [4.78, 5) is 26.9. The van der Waals surface area contributed by atoms with Crippen LogP contribution in [0.1, 0.15) is 41.6 Å². The van der Waals surface area contributed by atoms with Gasteiger partial charge < -0.3 is 15.4 Å². The number of rotatable bonds is 8. The van der Waals surface area contributed by atoms with Crippen LogP contribution in [0, 0.1) is 5.92 Å². The summed E-state index contributed by atoms with van der Waals surface area (Å²) < 4.78 is 44.2. The number of hydrogen-bond acceptors (Lipinski definition) is 7. The minimum Gasteiger partial charge on any atom is -0.379 e. The Kier molecular flexibility index (Phi) is 8.00. The summed E-state index contributed by atoms with van der Waals surface area (Å²) in [5, 5.41) is 6.94. The molecule has 2 N–H and O–H groups in total. The normalized spacial score (nSPS) is 15.7. The Bertz CT molecular complexity index is 1180. The van der Waals surface area contributed by atoms with Crippen molar-refractivity contribution < 1.29 is 22.7 Å². The Morgan fingerprint density at radius 3 is 2.47 bits per heavy atom. The summed E-state index contributed by atoms with van der Waals surface area (Å²) in [5.74, 6) is -0.282. The van der Waals surface area contributed by atoms with Crippen LogP contribution in [0.3, 0.4) is 0 Å². The number of nitrogens with zero attached hydrogens (tertiary/aromatic N) is 4. The van der Waals surface area contributed by atoms with E-state index in [2.05, 4.69) is 39.4 Å². The van der Waals surface area contributed by atoms with Crippen LogP contribution in [0.5, 0.6) is 0 Å². The highest BCUT2D eigenvalue weighted by Crippen LogP contribution is 2.27. The smallest absolute Gasteiger partial charge is 0.379 e. The number of amides is 1. The first-order valence-corrected chi connectivity index (χ1v) is 11.8. The number of anilines is 1. The first-order valence-electron chi connectivity index (χ1n) is 11.8. The fraction of sp³-hybridized carbons (Fsp3) is 0.440. The van der Waals surface area contributed by atoms with Crippen LogP contribution < -0.4 is 10.6 Å².